The summed E-state index contributed by atoms with van der Waals surface area (Å²) >= 11 is 12.4. The molecule has 1 aliphatic heterocycles. The number of ether oxygens (including phenoxy) is 1. The summed E-state index contributed by atoms with van der Waals surface area (Å²) in [5.74, 6) is -1.48. The molecule has 4 nitrogen and oxygen atoms in total. The van der Waals surface area contributed by atoms with Crippen molar-refractivity contribution in [1.82, 2.24) is 4.90 Å². The molecule has 150 valence electrons. The molecule has 0 spiro atoms. The summed E-state index contributed by atoms with van der Waals surface area (Å²) in [4.78, 5) is 24.8. The number of carbonyl (C=O) groups excluding carboxylic acids is 2. The molecule has 0 unspecified atom stereocenters. The maximum absolute atomic E-state index is 12.8. The smallest absolute Gasteiger partial charge is 0.417 e. The molecule has 9 heteroatoms. The molecule has 27 heavy (non-hydrogen) atoms. The Morgan fingerprint density at radius 3 is 2.15 bits per heavy atom. The number of nitrogens with zero attached hydrogens (tertiary/aromatic N) is 1. The van der Waals surface area contributed by atoms with Crippen LogP contribution < -0.4 is 0 Å². The Morgan fingerprint density at radius 1 is 1.22 bits per heavy atom. The number of hydrogen-bond donors (Lipinski definition) is 0. The molecule has 0 N–H and O–H groups in total. The van der Waals surface area contributed by atoms with E-state index >= 15 is 0 Å². The second-order valence-electron chi connectivity index (χ2n) is 7.56. The van der Waals surface area contributed by atoms with Gasteiger partial charge in [-0.05, 0) is 45.4 Å². The molecule has 1 aliphatic rings. The minimum Gasteiger partial charge on any atom is -0.443 e. The fourth-order valence-corrected chi connectivity index (χ4v) is 3.83. The molecule has 3 atom stereocenters. The van der Waals surface area contributed by atoms with Crippen LogP contribution in [0.4, 0.5) is 18.0 Å². The van der Waals surface area contributed by atoms with E-state index < -0.39 is 46.2 Å². The van der Waals surface area contributed by atoms with Crippen molar-refractivity contribution in [1.29, 1.82) is 0 Å². The van der Waals surface area contributed by atoms with Crippen molar-refractivity contribution >= 4 is 35.2 Å². The first-order valence-corrected chi connectivity index (χ1v) is 9.10. The second kappa shape index (κ2) is 7.17. The van der Waals surface area contributed by atoms with Gasteiger partial charge in [0.25, 0.3) is 5.91 Å². The van der Waals surface area contributed by atoms with Crippen molar-refractivity contribution in [3.8, 4) is 0 Å². The minimum atomic E-state index is -4.50. The Bertz CT molecular complexity index is 727. The van der Waals surface area contributed by atoms with Crippen LogP contribution in [0.25, 0.3) is 0 Å². The van der Waals surface area contributed by atoms with Gasteiger partial charge in [-0.25, -0.2) is 9.69 Å². The average molecular weight is 426 g/mol. The zero-order valence-electron chi connectivity index (χ0n) is 15.2. The lowest BCUT2D eigenvalue weighted by atomic mass is 9.88. The van der Waals surface area contributed by atoms with E-state index in [-0.39, 0.29) is 5.88 Å². The molecule has 2 amide bonds. The lowest BCUT2D eigenvalue weighted by Gasteiger charge is -2.29. The van der Waals surface area contributed by atoms with Gasteiger partial charge in [-0.2, -0.15) is 13.2 Å². The van der Waals surface area contributed by atoms with Crippen LogP contribution in [0.1, 0.15) is 44.9 Å². The van der Waals surface area contributed by atoms with E-state index in [4.69, 9.17) is 27.9 Å². The second-order valence-corrected chi connectivity index (χ2v) is 8.65. The number of carbonyl (C=O) groups is 2. The van der Waals surface area contributed by atoms with Gasteiger partial charge in [0, 0.05) is 11.8 Å². The molecule has 1 fully saturated rings. The standard InChI is InChI=1S/C18H20Cl2F3NO3/c1-16(2,3)27-15(26)24-13(12(9-19)17(4,20)14(24)25)10-5-7-11(8-6-10)18(21,22)23/h5-8,12-13H,9H2,1-4H3/t12-,13-,17-/m0/s1. The Hall–Kier alpha value is -1.47. The molecule has 0 radical (unpaired) electrons. The summed E-state index contributed by atoms with van der Waals surface area (Å²) in [6.45, 7) is 6.35. The first-order valence-electron chi connectivity index (χ1n) is 8.19. The van der Waals surface area contributed by atoms with Gasteiger partial charge in [-0.15, -0.1) is 23.2 Å². The fourth-order valence-electron chi connectivity index (χ4n) is 2.98. The number of benzene rings is 1. The number of amides is 2. The third-order valence-electron chi connectivity index (χ3n) is 4.33. The van der Waals surface area contributed by atoms with Crippen LogP contribution in [-0.2, 0) is 15.7 Å². The normalized spacial score (nSPS) is 26.4. The van der Waals surface area contributed by atoms with E-state index in [9.17, 15) is 22.8 Å². The van der Waals surface area contributed by atoms with Crippen LogP contribution in [0.5, 0.6) is 0 Å². The van der Waals surface area contributed by atoms with Crippen molar-refractivity contribution in [3.63, 3.8) is 0 Å². The minimum absolute atomic E-state index is 0.0727. The van der Waals surface area contributed by atoms with E-state index in [1.165, 1.54) is 19.1 Å². The quantitative estimate of drug-likeness (QED) is 0.597. The van der Waals surface area contributed by atoms with Gasteiger partial charge in [0.15, 0.2) is 0 Å². The summed E-state index contributed by atoms with van der Waals surface area (Å²) in [6, 6.07) is 3.28. The lowest BCUT2D eigenvalue weighted by Crippen LogP contribution is -2.42. The number of alkyl halides is 5. The summed E-state index contributed by atoms with van der Waals surface area (Å²) in [5.41, 5.74) is -1.39. The molecule has 1 aromatic carbocycles. The zero-order valence-corrected chi connectivity index (χ0v) is 16.7. The number of rotatable bonds is 2. The third-order valence-corrected chi connectivity index (χ3v) is 5.10. The Morgan fingerprint density at radius 2 is 1.74 bits per heavy atom. The van der Waals surface area contributed by atoms with Crippen LogP contribution in [0.15, 0.2) is 24.3 Å². The molecule has 2 rings (SSSR count). The molecule has 1 heterocycles. The predicted molar refractivity (Wildman–Crippen MR) is 95.7 cm³/mol. The molecule has 0 aromatic heterocycles. The summed E-state index contributed by atoms with van der Waals surface area (Å²) in [7, 11) is 0. The highest BCUT2D eigenvalue weighted by Crippen LogP contribution is 2.48. The van der Waals surface area contributed by atoms with Crippen molar-refractivity contribution in [3.05, 3.63) is 35.4 Å². The van der Waals surface area contributed by atoms with Crippen LogP contribution in [0.3, 0.4) is 0 Å². The largest absolute Gasteiger partial charge is 0.443 e. The van der Waals surface area contributed by atoms with Crippen molar-refractivity contribution in [2.75, 3.05) is 5.88 Å². The topological polar surface area (TPSA) is 46.6 Å². The first kappa shape index (κ1) is 21.8. The zero-order chi connectivity index (χ0) is 20.8. The highest BCUT2D eigenvalue weighted by molar-refractivity contribution is 6.37. The average Bonchev–Trinajstić information content (AvgIpc) is 2.71. The van der Waals surface area contributed by atoms with Crippen LogP contribution in [0, 0.1) is 5.92 Å². The summed E-state index contributed by atoms with van der Waals surface area (Å²) < 4.78 is 43.8. The van der Waals surface area contributed by atoms with E-state index in [1.807, 2.05) is 0 Å². The summed E-state index contributed by atoms with van der Waals surface area (Å²) in [6.07, 6.45) is -5.42. The van der Waals surface area contributed by atoms with Crippen molar-refractivity contribution in [2.24, 2.45) is 5.92 Å². The summed E-state index contributed by atoms with van der Waals surface area (Å²) in [5, 5.41) is 0. The van der Waals surface area contributed by atoms with Gasteiger partial charge >= 0.3 is 12.3 Å². The lowest BCUT2D eigenvalue weighted by molar-refractivity contribution is -0.137. The van der Waals surface area contributed by atoms with E-state index in [1.54, 1.807) is 20.8 Å². The van der Waals surface area contributed by atoms with Crippen LogP contribution in [0.2, 0.25) is 0 Å². The highest BCUT2D eigenvalue weighted by atomic mass is 35.5. The maximum Gasteiger partial charge on any atom is 0.417 e. The third kappa shape index (κ3) is 4.35. The van der Waals surface area contributed by atoms with Gasteiger partial charge in [-0.3, -0.25) is 4.79 Å². The number of halogens is 5. The molecule has 1 aromatic rings. The Balaban J connectivity index is 2.50. The number of likely N-dealkylation sites (tertiary alicyclic amines) is 1. The van der Waals surface area contributed by atoms with Gasteiger partial charge in [-0.1, -0.05) is 12.1 Å². The van der Waals surface area contributed by atoms with E-state index in [0.717, 1.165) is 17.0 Å². The van der Waals surface area contributed by atoms with Crippen molar-refractivity contribution in [2.45, 2.75) is 50.4 Å². The van der Waals surface area contributed by atoms with Gasteiger partial charge in [0.2, 0.25) is 0 Å². The van der Waals surface area contributed by atoms with Crippen LogP contribution in [-0.4, -0.2) is 33.3 Å². The molecule has 1 saturated heterocycles. The highest BCUT2D eigenvalue weighted by Gasteiger charge is 2.58. The predicted octanol–water partition coefficient (Wildman–Crippen LogP) is 5.38. The van der Waals surface area contributed by atoms with E-state index in [2.05, 4.69) is 0 Å². The molecular formula is C18H20Cl2F3NO3. The van der Waals surface area contributed by atoms with Gasteiger partial charge in [0.1, 0.15) is 10.5 Å². The molecule has 0 aliphatic carbocycles. The van der Waals surface area contributed by atoms with Crippen LogP contribution >= 0.6 is 23.2 Å². The molecular weight excluding hydrogens is 406 g/mol. The van der Waals surface area contributed by atoms with E-state index in [0.29, 0.717) is 5.56 Å². The van der Waals surface area contributed by atoms with Gasteiger partial charge < -0.3 is 4.74 Å². The fraction of sp³-hybridized carbons (Fsp3) is 0.556. The number of imide groups is 1. The van der Waals surface area contributed by atoms with Crippen molar-refractivity contribution < 1.29 is 27.5 Å². The Labute approximate surface area is 165 Å². The Kier molecular flexibility index (Phi) is 5.79. The maximum atomic E-state index is 12.8. The SMILES string of the molecule is CC(C)(C)OC(=O)N1C(=O)[C@@](C)(Cl)[C@@H](CCl)[C@@H]1c1ccc(C(F)(F)F)cc1. The monoisotopic (exact) mass is 425 g/mol. The van der Waals surface area contributed by atoms with Gasteiger partial charge in [0.05, 0.1) is 11.6 Å². The molecule has 0 saturated carbocycles. The first-order chi connectivity index (χ1) is 12.2. The number of hydrogen-bond acceptors (Lipinski definition) is 3. The molecule has 0 bridgehead atoms.